The Morgan fingerprint density at radius 2 is 2.00 bits per heavy atom. The van der Waals surface area contributed by atoms with Crippen molar-refractivity contribution in [2.24, 2.45) is 0 Å². The predicted octanol–water partition coefficient (Wildman–Crippen LogP) is 5.25. The van der Waals surface area contributed by atoms with Crippen LogP contribution in [0.3, 0.4) is 0 Å². The molecule has 0 atom stereocenters. The Bertz CT molecular complexity index is 836. The van der Waals surface area contributed by atoms with Crippen molar-refractivity contribution in [2.75, 3.05) is 5.32 Å². The molecule has 0 saturated carbocycles. The predicted molar refractivity (Wildman–Crippen MR) is 95.6 cm³/mol. The summed E-state index contributed by atoms with van der Waals surface area (Å²) in [6.45, 7) is 1.94. The van der Waals surface area contributed by atoms with E-state index in [1.54, 1.807) is 6.07 Å². The van der Waals surface area contributed by atoms with Crippen LogP contribution in [0.4, 0.5) is 11.4 Å². The lowest BCUT2D eigenvalue weighted by molar-refractivity contribution is 0.471. The first-order chi connectivity index (χ1) is 10.0. The molecular formula is C16H12ClIN2O. The van der Waals surface area contributed by atoms with Gasteiger partial charge in [0.15, 0.2) is 0 Å². The van der Waals surface area contributed by atoms with E-state index in [1.165, 1.54) is 0 Å². The summed E-state index contributed by atoms with van der Waals surface area (Å²) in [6, 6.07) is 13.1. The highest BCUT2D eigenvalue weighted by molar-refractivity contribution is 14.1. The molecule has 0 bridgehead atoms. The lowest BCUT2D eigenvalue weighted by Crippen LogP contribution is -1.95. The summed E-state index contributed by atoms with van der Waals surface area (Å²) < 4.78 is 0.797. The van der Waals surface area contributed by atoms with Crippen LogP contribution in [0, 0.1) is 10.5 Å². The molecule has 0 aliphatic rings. The number of nitrogens with zero attached hydrogens (tertiary/aromatic N) is 1. The molecule has 0 unspecified atom stereocenters. The molecule has 2 N–H and O–H groups in total. The van der Waals surface area contributed by atoms with E-state index in [1.807, 2.05) is 43.3 Å². The van der Waals surface area contributed by atoms with E-state index in [4.69, 9.17) is 11.6 Å². The van der Waals surface area contributed by atoms with Crippen molar-refractivity contribution >= 4 is 56.5 Å². The van der Waals surface area contributed by atoms with Crippen molar-refractivity contribution in [2.45, 2.75) is 6.92 Å². The van der Waals surface area contributed by atoms with Gasteiger partial charge in [0.25, 0.3) is 0 Å². The van der Waals surface area contributed by atoms with Crippen LogP contribution in [0.15, 0.2) is 42.5 Å². The highest BCUT2D eigenvalue weighted by atomic mass is 127. The van der Waals surface area contributed by atoms with Gasteiger partial charge in [-0.25, -0.2) is 0 Å². The third-order valence-corrected chi connectivity index (χ3v) is 4.31. The Labute approximate surface area is 141 Å². The molecule has 0 aliphatic carbocycles. The molecule has 5 heteroatoms. The molecule has 0 spiro atoms. The van der Waals surface area contributed by atoms with Gasteiger partial charge < -0.3 is 10.4 Å². The number of aryl methyl sites for hydroxylation is 1. The van der Waals surface area contributed by atoms with Crippen molar-refractivity contribution in [3.05, 3.63) is 56.8 Å². The maximum absolute atomic E-state index is 9.60. The zero-order chi connectivity index (χ0) is 15.0. The number of para-hydroxylation sites is 1. The number of halogens is 2. The van der Waals surface area contributed by atoms with Crippen molar-refractivity contribution < 1.29 is 5.11 Å². The highest BCUT2D eigenvalue weighted by Gasteiger charge is 2.08. The SMILES string of the molecule is Cc1cc(Nc2ccc(O)c(I)c2)c2cccc(Cl)c2n1. The Morgan fingerprint density at radius 3 is 2.76 bits per heavy atom. The van der Waals surface area contributed by atoms with Crippen LogP contribution in [0.1, 0.15) is 5.69 Å². The van der Waals surface area contributed by atoms with Crippen molar-refractivity contribution in [1.82, 2.24) is 4.98 Å². The van der Waals surface area contributed by atoms with Crippen molar-refractivity contribution in [1.29, 1.82) is 0 Å². The Balaban J connectivity index is 2.11. The Kier molecular flexibility index (Phi) is 3.91. The second kappa shape index (κ2) is 5.69. The Hall–Kier alpha value is -1.53. The van der Waals surface area contributed by atoms with E-state index in [9.17, 15) is 5.11 Å². The van der Waals surface area contributed by atoms with E-state index in [0.29, 0.717) is 5.02 Å². The number of anilines is 2. The fourth-order valence-corrected chi connectivity index (χ4v) is 2.92. The van der Waals surface area contributed by atoms with Gasteiger partial charge in [-0.05, 0) is 59.8 Å². The van der Waals surface area contributed by atoms with E-state index in [-0.39, 0.29) is 5.75 Å². The van der Waals surface area contributed by atoms with Crippen molar-refractivity contribution in [3.8, 4) is 5.75 Å². The molecule has 0 fully saturated rings. The summed E-state index contributed by atoms with van der Waals surface area (Å²) in [5.41, 5.74) is 3.53. The number of rotatable bonds is 2. The average Bonchev–Trinajstić information content (AvgIpc) is 2.44. The monoisotopic (exact) mass is 410 g/mol. The largest absolute Gasteiger partial charge is 0.507 e. The zero-order valence-corrected chi connectivity index (χ0v) is 14.1. The first-order valence-corrected chi connectivity index (χ1v) is 7.81. The second-order valence-corrected chi connectivity index (χ2v) is 6.31. The molecule has 0 radical (unpaired) electrons. The molecule has 3 nitrogen and oxygen atoms in total. The van der Waals surface area contributed by atoms with Gasteiger partial charge in [0.1, 0.15) is 5.75 Å². The normalized spacial score (nSPS) is 10.8. The topological polar surface area (TPSA) is 45.1 Å². The van der Waals surface area contributed by atoms with Gasteiger partial charge in [0.2, 0.25) is 0 Å². The zero-order valence-electron chi connectivity index (χ0n) is 11.2. The number of hydrogen-bond donors (Lipinski definition) is 2. The third kappa shape index (κ3) is 2.91. The number of benzene rings is 2. The summed E-state index contributed by atoms with van der Waals surface area (Å²) in [5, 5.41) is 14.6. The number of aromatic nitrogens is 1. The standard InChI is InChI=1S/C16H12ClIN2O/c1-9-7-14(11-3-2-4-12(17)16(11)19-9)20-10-5-6-15(21)13(18)8-10/h2-8,21H,1H3,(H,19,20). The fourth-order valence-electron chi connectivity index (χ4n) is 2.19. The van der Waals surface area contributed by atoms with E-state index >= 15 is 0 Å². The first kappa shape index (κ1) is 14.4. The number of phenols is 1. The van der Waals surface area contributed by atoms with E-state index in [2.05, 4.69) is 32.9 Å². The van der Waals surface area contributed by atoms with Crippen LogP contribution in [-0.4, -0.2) is 10.1 Å². The van der Waals surface area contributed by atoms with Gasteiger partial charge in [0, 0.05) is 22.5 Å². The summed E-state index contributed by atoms with van der Waals surface area (Å²) in [5.74, 6) is 0.278. The summed E-state index contributed by atoms with van der Waals surface area (Å²) in [6.07, 6.45) is 0. The maximum atomic E-state index is 9.60. The maximum Gasteiger partial charge on any atom is 0.129 e. The molecule has 0 amide bonds. The van der Waals surface area contributed by atoms with Gasteiger partial charge in [-0.15, -0.1) is 0 Å². The van der Waals surface area contributed by atoms with Crippen LogP contribution < -0.4 is 5.32 Å². The molecule has 2 aromatic carbocycles. The highest BCUT2D eigenvalue weighted by Crippen LogP contribution is 2.31. The lowest BCUT2D eigenvalue weighted by Gasteiger charge is -2.12. The minimum Gasteiger partial charge on any atom is -0.507 e. The smallest absolute Gasteiger partial charge is 0.129 e. The average molecular weight is 411 g/mol. The molecule has 106 valence electrons. The van der Waals surface area contributed by atoms with Gasteiger partial charge in [-0.1, -0.05) is 23.7 Å². The molecule has 0 aliphatic heterocycles. The molecule has 1 heterocycles. The van der Waals surface area contributed by atoms with Crippen LogP contribution in [-0.2, 0) is 0 Å². The molecule has 0 saturated heterocycles. The van der Waals surface area contributed by atoms with Crippen LogP contribution in [0.2, 0.25) is 5.02 Å². The first-order valence-electron chi connectivity index (χ1n) is 6.36. The molecule has 1 aromatic heterocycles. The number of nitrogens with one attached hydrogen (secondary N) is 1. The number of hydrogen-bond acceptors (Lipinski definition) is 3. The molecule has 3 aromatic rings. The minimum absolute atomic E-state index is 0.278. The molecular weight excluding hydrogens is 399 g/mol. The van der Waals surface area contributed by atoms with Gasteiger partial charge in [-0.2, -0.15) is 0 Å². The number of pyridine rings is 1. The number of phenolic OH excluding ortho intramolecular Hbond substituents is 1. The van der Waals surface area contributed by atoms with Crippen LogP contribution in [0.5, 0.6) is 5.75 Å². The number of fused-ring (bicyclic) bond motifs is 1. The van der Waals surface area contributed by atoms with E-state index < -0.39 is 0 Å². The van der Waals surface area contributed by atoms with Gasteiger partial charge in [0.05, 0.1) is 14.1 Å². The van der Waals surface area contributed by atoms with Crippen LogP contribution in [0.25, 0.3) is 10.9 Å². The van der Waals surface area contributed by atoms with E-state index in [0.717, 1.165) is 31.5 Å². The third-order valence-electron chi connectivity index (χ3n) is 3.15. The van der Waals surface area contributed by atoms with Crippen molar-refractivity contribution in [3.63, 3.8) is 0 Å². The van der Waals surface area contributed by atoms with Gasteiger partial charge >= 0.3 is 0 Å². The Morgan fingerprint density at radius 1 is 1.19 bits per heavy atom. The van der Waals surface area contributed by atoms with Gasteiger partial charge in [-0.3, -0.25) is 4.98 Å². The number of aromatic hydroxyl groups is 1. The molecule has 3 rings (SSSR count). The fraction of sp³-hybridized carbons (Fsp3) is 0.0625. The quantitative estimate of drug-likeness (QED) is 0.448. The van der Waals surface area contributed by atoms with Crippen LogP contribution >= 0.6 is 34.2 Å². The minimum atomic E-state index is 0.278. The summed E-state index contributed by atoms with van der Waals surface area (Å²) in [7, 11) is 0. The summed E-state index contributed by atoms with van der Waals surface area (Å²) >= 11 is 8.32. The molecule has 21 heavy (non-hydrogen) atoms. The lowest BCUT2D eigenvalue weighted by atomic mass is 10.1. The second-order valence-electron chi connectivity index (χ2n) is 4.74. The summed E-state index contributed by atoms with van der Waals surface area (Å²) in [4.78, 5) is 4.50.